The zero-order valence-corrected chi connectivity index (χ0v) is 15.1. The number of aryl methyl sites for hydroxylation is 1. The van der Waals surface area contributed by atoms with Crippen LogP contribution >= 0.6 is 0 Å². The highest BCUT2D eigenvalue weighted by molar-refractivity contribution is 5.84. The van der Waals surface area contributed by atoms with Crippen LogP contribution in [0.2, 0.25) is 0 Å². The molecule has 7 heteroatoms. The molecule has 0 unspecified atom stereocenters. The first-order chi connectivity index (χ1) is 13.2. The molecule has 0 spiro atoms. The molecule has 0 atom stereocenters. The van der Waals surface area contributed by atoms with Crippen molar-refractivity contribution in [1.29, 1.82) is 0 Å². The standard InChI is InChI=1S/C20H20N6O/c1-24-18-4-2-14(10-15(18)12-22-24)17-11-20(27)26-13-16(3-5-19(26)23-17)25-8-6-21-7-9-25/h2-5,10-13,21H,6-9H2,1H3. The lowest BCUT2D eigenvalue weighted by Gasteiger charge is -2.29. The molecule has 3 aromatic heterocycles. The smallest absolute Gasteiger partial charge is 0.258 e. The quantitative estimate of drug-likeness (QED) is 0.589. The van der Waals surface area contributed by atoms with Gasteiger partial charge >= 0.3 is 0 Å². The van der Waals surface area contributed by atoms with Gasteiger partial charge in [-0.1, -0.05) is 6.07 Å². The average molecular weight is 360 g/mol. The Labute approximate surface area is 155 Å². The summed E-state index contributed by atoms with van der Waals surface area (Å²) in [4.78, 5) is 19.7. The number of hydrogen-bond donors (Lipinski definition) is 1. The predicted molar refractivity (Wildman–Crippen MR) is 106 cm³/mol. The normalized spacial score (nSPS) is 14.9. The van der Waals surface area contributed by atoms with Gasteiger partial charge in [0.2, 0.25) is 0 Å². The summed E-state index contributed by atoms with van der Waals surface area (Å²) in [7, 11) is 1.92. The van der Waals surface area contributed by atoms with Gasteiger partial charge < -0.3 is 10.2 Å². The maximum absolute atomic E-state index is 12.8. The highest BCUT2D eigenvalue weighted by Crippen LogP contribution is 2.23. The van der Waals surface area contributed by atoms with Crippen molar-refractivity contribution in [3.63, 3.8) is 0 Å². The Morgan fingerprint density at radius 1 is 1.07 bits per heavy atom. The summed E-state index contributed by atoms with van der Waals surface area (Å²) in [5.74, 6) is 0. The minimum absolute atomic E-state index is 0.0710. The topological polar surface area (TPSA) is 67.5 Å². The van der Waals surface area contributed by atoms with Crippen molar-refractivity contribution in [3.8, 4) is 11.3 Å². The molecule has 0 bridgehead atoms. The van der Waals surface area contributed by atoms with Gasteiger partial charge in [-0.2, -0.15) is 5.10 Å². The molecule has 1 aliphatic rings. The van der Waals surface area contributed by atoms with Gasteiger partial charge in [-0.15, -0.1) is 0 Å². The molecule has 1 fully saturated rings. The highest BCUT2D eigenvalue weighted by Gasteiger charge is 2.12. The van der Waals surface area contributed by atoms with Crippen LogP contribution in [0, 0.1) is 0 Å². The lowest BCUT2D eigenvalue weighted by molar-refractivity contribution is 0.588. The van der Waals surface area contributed by atoms with E-state index in [1.807, 2.05) is 54.5 Å². The van der Waals surface area contributed by atoms with E-state index in [0.717, 1.165) is 48.3 Å². The van der Waals surface area contributed by atoms with E-state index in [9.17, 15) is 4.79 Å². The van der Waals surface area contributed by atoms with Crippen molar-refractivity contribution in [1.82, 2.24) is 24.5 Å². The van der Waals surface area contributed by atoms with Crippen LogP contribution in [0.5, 0.6) is 0 Å². The lowest BCUT2D eigenvalue weighted by atomic mass is 10.1. The van der Waals surface area contributed by atoms with Gasteiger partial charge in [0.1, 0.15) is 5.65 Å². The van der Waals surface area contributed by atoms with Crippen molar-refractivity contribution in [2.45, 2.75) is 0 Å². The SMILES string of the molecule is Cn1ncc2cc(-c3cc(=O)n4cc(N5CCNCC5)ccc4n3)ccc21. The van der Waals surface area contributed by atoms with E-state index in [-0.39, 0.29) is 5.56 Å². The maximum Gasteiger partial charge on any atom is 0.258 e. The fraction of sp³-hybridized carbons (Fsp3) is 0.250. The third kappa shape index (κ3) is 2.76. The van der Waals surface area contributed by atoms with Crippen LogP contribution in [-0.4, -0.2) is 45.3 Å². The maximum atomic E-state index is 12.8. The van der Waals surface area contributed by atoms with E-state index in [2.05, 4.69) is 15.3 Å². The summed E-state index contributed by atoms with van der Waals surface area (Å²) in [5, 5.41) is 8.65. The largest absolute Gasteiger partial charge is 0.368 e. The van der Waals surface area contributed by atoms with Crippen molar-refractivity contribution < 1.29 is 0 Å². The van der Waals surface area contributed by atoms with Gasteiger partial charge in [0.05, 0.1) is 23.1 Å². The van der Waals surface area contributed by atoms with Crippen LogP contribution in [0.4, 0.5) is 5.69 Å². The Morgan fingerprint density at radius 3 is 2.78 bits per heavy atom. The Morgan fingerprint density at radius 2 is 1.93 bits per heavy atom. The first-order valence-corrected chi connectivity index (χ1v) is 9.10. The van der Waals surface area contributed by atoms with Gasteiger partial charge in [-0.25, -0.2) is 4.98 Å². The number of nitrogens with one attached hydrogen (secondary N) is 1. The summed E-state index contributed by atoms with van der Waals surface area (Å²) in [5.41, 5.74) is 4.29. The van der Waals surface area contributed by atoms with E-state index < -0.39 is 0 Å². The number of aromatic nitrogens is 4. The first-order valence-electron chi connectivity index (χ1n) is 9.10. The summed E-state index contributed by atoms with van der Waals surface area (Å²) >= 11 is 0. The molecular formula is C20H20N6O. The number of pyridine rings is 1. The Bertz CT molecular complexity index is 1200. The number of anilines is 1. The Balaban J connectivity index is 1.58. The summed E-state index contributed by atoms with van der Waals surface area (Å²) in [6.07, 6.45) is 3.72. The number of rotatable bonds is 2. The summed E-state index contributed by atoms with van der Waals surface area (Å²) in [6.45, 7) is 3.80. The zero-order valence-electron chi connectivity index (χ0n) is 15.1. The highest BCUT2D eigenvalue weighted by atomic mass is 16.1. The van der Waals surface area contributed by atoms with Crippen LogP contribution in [0.3, 0.4) is 0 Å². The van der Waals surface area contributed by atoms with E-state index in [0.29, 0.717) is 11.3 Å². The molecular weight excluding hydrogens is 340 g/mol. The minimum atomic E-state index is -0.0710. The number of nitrogens with zero attached hydrogens (tertiary/aromatic N) is 5. The molecule has 5 rings (SSSR count). The summed E-state index contributed by atoms with van der Waals surface area (Å²) in [6, 6.07) is 11.6. The second-order valence-corrected chi connectivity index (χ2v) is 6.87. The molecule has 0 radical (unpaired) electrons. The third-order valence-electron chi connectivity index (χ3n) is 5.17. The van der Waals surface area contributed by atoms with E-state index in [1.54, 1.807) is 10.5 Å². The van der Waals surface area contributed by atoms with Gasteiger partial charge in [0.25, 0.3) is 5.56 Å². The van der Waals surface area contributed by atoms with Crippen LogP contribution < -0.4 is 15.8 Å². The fourth-order valence-corrected chi connectivity index (χ4v) is 3.67. The lowest BCUT2D eigenvalue weighted by Crippen LogP contribution is -2.43. The monoisotopic (exact) mass is 360 g/mol. The second-order valence-electron chi connectivity index (χ2n) is 6.87. The minimum Gasteiger partial charge on any atom is -0.368 e. The molecule has 0 saturated carbocycles. The van der Waals surface area contributed by atoms with Gasteiger partial charge in [0, 0.05) is 56.4 Å². The van der Waals surface area contributed by atoms with Crippen LogP contribution in [0.1, 0.15) is 0 Å². The molecule has 136 valence electrons. The Kier molecular flexibility index (Phi) is 3.68. The van der Waals surface area contributed by atoms with E-state index >= 15 is 0 Å². The molecule has 7 nitrogen and oxygen atoms in total. The molecule has 1 aliphatic heterocycles. The van der Waals surface area contributed by atoms with Crippen molar-refractivity contribution in [2.75, 3.05) is 31.1 Å². The Hall–Kier alpha value is -3.19. The van der Waals surface area contributed by atoms with Crippen LogP contribution in [0.15, 0.2) is 53.6 Å². The van der Waals surface area contributed by atoms with E-state index in [1.165, 1.54) is 0 Å². The van der Waals surface area contributed by atoms with Gasteiger partial charge in [0.15, 0.2) is 0 Å². The molecule has 4 aromatic rings. The molecule has 0 aliphatic carbocycles. The van der Waals surface area contributed by atoms with Crippen molar-refractivity contribution >= 4 is 22.2 Å². The molecule has 1 N–H and O–H groups in total. The van der Waals surface area contributed by atoms with Crippen LogP contribution in [-0.2, 0) is 7.05 Å². The predicted octanol–water partition coefficient (Wildman–Crippen LogP) is 1.66. The number of piperazine rings is 1. The molecule has 27 heavy (non-hydrogen) atoms. The number of benzene rings is 1. The van der Waals surface area contributed by atoms with Crippen molar-refractivity contribution in [2.24, 2.45) is 7.05 Å². The molecule has 1 saturated heterocycles. The zero-order chi connectivity index (χ0) is 18.4. The summed E-state index contributed by atoms with van der Waals surface area (Å²) < 4.78 is 3.46. The second kappa shape index (κ2) is 6.21. The third-order valence-corrected chi connectivity index (χ3v) is 5.17. The number of hydrogen-bond acceptors (Lipinski definition) is 5. The average Bonchev–Trinajstić information content (AvgIpc) is 3.08. The van der Waals surface area contributed by atoms with Gasteiger partial charge in [-0.05, 0) is 24.3 Å². The van der Waals surface area contributed by atoms with Crippen LogP contribution in [0.25, 0.3) is 27.8 Å². The first kappa shape index (κ1) is 16.0. The van der Waals surface area contributed by atoms with E-state index in [4.69, 9.17) is 4.98 Å². The molecule has 0 amide bonds. The van der Waals surface area contributed by atoms with Crippen molar-refractivity contribution in [3.05, 3.63) is 59.1 Å². The fourth-order valence-electron chi connectivity index (χ4n) is 3.67. The molecule has 1 aromatic carbocycles. The number of fused-ring (bicyclic) bond motifs is 2. The van der Waals surface area contributed by atoms with Gasteiger partial charge in [-0.3, -0.25) is 13.9 Å². The molecule has 4 heterocycles.